The first kappa shape index (κ1) is 13.3. The minimum Gasteiger partial charge on any atom is -0.357 e. The summed E-state index contributed by atoms with van der Waals surface area (Å²) in [5.41, 5.74) is -6.13. The van der Waals surface area contributed by atoms with Crippen molar-refractivity contribution < 1.29 is 40.2 Å². The number of fused-ring (bicyclic) bond motifs is 4. The lowest BCUT2D eigenvalue weighted by Crippen LogP contribution is -2.40. The van der Waals surface area contributed by atoms with Crippen molar-refractivity contribution in [3.8, 4) is 0 Å². The van der Waals surface area contributed by atoms with Gasteiger partial charge in [-0.25, -0.2) is 0 Å². The van der Waals surface area contributed by atoms with Crippen molar-refractivity contribution in [3.05, 3.63) is 23.3 Å². The van der Waals surface area contributed by atoms with Crippen molar-refractivity contribution in [3.63, 3.8) is 0 Å². The van der Waals surface area contributed by atoms with Crippen LogP contribution in [-0.2, 0) is 28.7 Å². The quantitative estimate of drug-likeness (QED) is 0.397. The summed E-state index contributed by atoms with van der Waals surface area (Å²) < 4.78 is 67.0. The highest BCUT2D eigenvalue weighted by molar-refractivity contribution is 7.87. The van der Waals surface area contributed by atoms with Crippen LogP contribution < -0.4 is 0 Å². The Morgan fingerprint density at radius 3 is 1.95 bits per heavy atom. The summed E-state index contributed by atoms with van der Waals surface area (Å²) in [6.07, 6.45) is 1.15. The van der Waals surface area contributed by atoms with Gasteiger partial charge in [0.2, 0.25) is 0 Å². The average molecular weight is 311 g/mol. The second-order valence-corrected chi connectivity index (χ2v) is 5.59. The fraction of sp³-hybridized carbons (Fsp3) is 0.333. The predicted octanol–water partition coefficient (Wildman–Crippen LogP) is -0.230. The van der Waals surface area contributed by atoms with E-state index in [1.807, 2.05) is 0 Å². The largest absolute Gasteiger partial charge is 0.525 e. The summed E-state index contributed by atoms with van der Waals surface area (Å²) in [5, 5.41) is -0.400. The molecule has 0 aromatic carbocycles. The van der Waals surface area contributed by atoms with Crippen molar-refractivity contribution in [2.45, 2.75) is 17.7 Å². The van der Waals surface area contributed by atoms with Gasteiger partial charge in [-0.1, -0.05) is 12.2 Å². The van der Waals surface area contributed by atoms with Crippen LogP contribution in [0.3, 0.4) is 0 Å². The van der Waals surface area contributed by atoms with Crippen LogP contribution in [-0.4, -0.2) is 43.0 Å². The van der Waals surface area contributed by atoms with Crippen LogP contribution in [0.4, 0.5) is 13.2 Å². The van der Waals surface area contributed by atoms with Crippen molar-refractivity contribution in [2.24, 2.45) is 0 Å². The normalized spacial score (nSPS) is 28.9. The van der Waals surface area contributed by atoms with Crippen LogP contribution in [0.15, 0.2) is 23.3 Å². The second-order valence-electron chi connectivity index (χ2n) is 4.07. The number of halogens is 3. The number of carbonyl (C=O) groups excluding carboxylic acids is 2. The highest BCUT2D eigenvalue weighted by atomic mass is 32.2. The molecule has 0 N–H and O–H groups in total. The molecule has 0 aromatic heterocycles. The number of hydroxylamine groups is 2. The highest BCUT2D eigenvalue weighted by Gasteiger charge is 2.57. The second kappa shape index (κ2) is 3.68. The summed E-state index contributed by atoms with van der Waals surface area (Å²) in [5.74, 6) is -2.54. The van der Waals surface area contributed by atoms with Crippen molar-refractivity contribution >= 4 is 21.9 Å². The van der Waals surface area contributed by atoms with Gasteiger partial charge in [-0.3, -0.25) is 9.59 Å². The molecule has 0 saturated carbocycles. The van der Waals surface area contributed by atoms with E-state index in [0.717, 1.165) is 0 Å². The van der Waals surface area contributed by atoms with Gasteiger partial charge in [-0.2, -0.15) is 21.6 Å². The van der Waals surface area contributed by atoms with E-state index in [1.165, 1.54) is 12.2 Å². The summed E-state index contributed by atoms with van der Waals surface area (Å²) in [6.45, 7) is 0. The van der Waals surface area contributed by atoms with Gasteiger partial charge in [0.1, 0.15) is 12.2 Å². The van der Waals surface area contributed by atoms with E-state index in [1.54, 1.807) is 0 Å². The number of hydrogen-bond acceptors (Lipinski definition) is 6. The van der Waals surface area contributed by atoms with Crippen LogP contribution >= 0.6 is 0 Å². The number of hydrogen-bond donors (Lipinski definition) is 0. The van der Waals surface area contributed by atoms with Crippen LogP contribution in [0.2, 0.25) is 0 Å². The van der Waals surface area contributed by atoms with E-state index in [2.05, 4.69) is 4.28 Å². The third kappa shape index (κ3) is 1.57. The van der Waals surface area contributed by atoms with Gasteiger partial charge in [-0.05, 0) is 0 Å². The summed E-state index contributed by atoms with van der Waals surface area (Å²) in [4.78, 5) is 23.5. The number of amides is 2. The third-order valence-electron chi connectivity index (χ3n) is 2.90. The molecule has 2 amide bonds. The predicted molar refractivity (Wildman–Crippen MR) is 52.7 cm³/mol. The Balaban J connectivity index is 1.90. The average Bonchev–Trinajstić information content (AvgIpc) is 2.97. The zero-order valence-electron chi connectivity index (χ0n) is 9.25. The number of alkyl halides is 3. The minimum atomic E-state index is -6.10. The fourth-order valence-corrected chi connectivity index (χ4v) is 2.49. The molecule has 3 aliphatic rings. The standard InChI is InChI=1S/C9H4F3NO6S/c10-9(11,12)20(16,17)19-13-7(14)5-3-1-2-4(18-3)6(5)8(13)15/h1-4H. The van der Waals surface area contributed by atoms with E-state index in [-0.39, 0.29) is 11.1 Å². The van der Waals surface area contributed by atoms with Crippen LogP contribution in [0.1, 0.15) is 0 Å². The highest BCUT2D eigenvalue weighted by Crippen LogP contribution is 2.41. The zero-order valence-corrected chi connectivity index (χ0v) is 10.1. The Bertz CT molecular complexity index is 657. The molecule has 0 aromatic rings. The SMILES string of the molecule is O=C1C2=C(C(=O)N1OS(=O)(=O)C(F)(F)F)C1C=CC2O1. The van der Waals surface area contributed by atoms with E-state index in [9.17, 15) is 31.2 Å². The topological polar surface area (TPSA) is 90.0 Å². The maximum absolute atomic E-state index is 12.2. The van der Waals surface area contributed by atoms with E-state index >= 15 is 0 Å². The Hall–Kier alpha value is -1.72. The lowest BCUT2D eigenvalue weighted by molar-refractivity contribution is -0.167. The van der Waals surface area contributed by atoms with Gasteiger partial charge in [0.05, 0.1) is 11.1 Å². The Kier molecular flexibility index (Phi) is 2.44. The number of imide groups is 1. The molecule has 7 nitrogen and oxygen atoms in total. The molecular weight excluding hydrogens is 307 g/mol. The molecule has 0 fully saturated rings. The van der Waals surface area contributed by atoms with Gasteiger partial charge in [0, 0.05) is 0 Å². The molecular formula is C9H4F3NO6S. The number of rotatable bonds is 2. The molecule has 3 aliphatic heterocycles. The maximum atomic E-state index is 12.2. The molecule has 3 rings (SSSR count). The van der Waals surface area contributed by atoms with Gasteiger partial charge in [0.15, 0.2) is 0 Å². The number of carbonyl (C=O) groups is 2. The molecule has 20 heavy (non-hydrogen) atoms. The van der Waals surface area contributed by atoms with Gasteiger partial charge >= 0.3 is 15.6 Å². The number of ether oxygens (including phenoxy) is 1. The van der Waals surface area contributed by atoms with Crippen molar-refractivity contribution in [1.82, 2.24) is 5.06 Å². The third-order valence-corrected chi connectivity index (χ3v) is 3.81. The zero-order chi connectivity index (χ0) is 14.9. The minimum absolute atomic E-state index is 0.195. The molecule has 0 radical (unpaired) electrons. The fourth-order valence-electron chi connectivity index (χ4n) is 2.08. The first-order valence-corrected chi connectivity index (χ1v) is 6.52. The molecule has 0 spiro atoms. The van der Waals surface area contributed by atoms with E-state index in [0.29, 0.717) is 0 Å². The molecule has 2 unspecified atom stereocenters. The van der Waals surface area contributed by atoms with E-state index < -0.39 is 44.7 Å². The molecule has 3 heterocycles. The Morgan fingerprint density at radius 2 is 1.55 bits per heavy atom. The smallest absolute Gasteiger partial charge is 0.357 e. The van der Waals surface area contributed by atoms with Crippen LogP contribution in [0.5, 0.6) is 0 Å². The lowest BCUT2D eigenvalue weighted by atomic mass is 9.99. The Labute approximate surface area is 109 Å². The van der Waals surface area contributed by atoms with E-state index in [4.69, 9.17) is 4.74 Å². The molecule has 108 valence electrons. The van der Waals surface area contributed by atoms with Gasteiger partial charge < -0.3 is 4.74 Å². The van der Waals surface area contributed by atoms with Crippen LogP contribution in [0.25, 0.3) is 0 Å². The molecule has 0 saturated heterocycles. The molecule has 0 aliphatic carbocycles. The first-order valence-electron chi connectivity index (χ1n) is 5.11. The number of nitrogens with zero attached hydrogens (tertiary/aromatic N) is 1. The van der Waals surface area contributed by atoms with Crippen LogP contribution in [0, 0.1) is 0 Å². The van der Waals surface area contributed by atoms with Gasteiger partial charge in [-0.15, -0.1) is 9.35 Å². The van der Waals surface area contributed by atoms with Gasteiger partial charge in [0.25, 0.3) is 11.8 Å². The van der Waals surface area contributed by atoms with Crippen molar-refractivity contribution in [1.29, 1.82) is 0 Å². The monoisotopic (exact) mass is 311 g/mol. The summed E-state index contributed by atoms with van der Waals surface area (Å²) >= 11 is 0. The Morgan fingerprint density at radius 1 is 1.10 bits per heavy atom. The maximum Gasteiger partial charge on any atom is 0.525 e. The molecule has 2 bridgehead atoms. The van der Waals surface area contributed by atoms with Crippen molar-refractivity contribution in [2.75, 3.05) is 0 Å². The molecule has 2 atom stereocenters. The molecule has 11 heteroatoms. The lowest BCUT2D eigenvalue weighted by Gasteiger charge is -2.17. The summed E-state index contributed by atoms with van der Waals surface area (Å²) in [6, 6.07) is 0. The first-order chi connectivity index (χ1) is 9.13. The summed E-state index contributed by atoms with van der Waals surface area (Å²) in [7, 11) is -6.10.